The Labute approximate surface area is 116 Å². The number of Topliss-reactive ketones (excluding diaryl/α,β-unsaturated/α-hetero) is 1. The number of aliphatic hydroxyl groups is 1. The van der Waals surface area contributed by atoms with Crippen LogP contribution < -0.4 is 0 Å². The first-order chi connectivity index (χ1) is 9.37. The van der Waals surface area contributed by atoms with E-state index >= 15 is 0 Å². The molecule has 0 radical (unpaired) electrons. The Balaban J connectivity index is 1.81. The molecule has 0 aromatic carbocycles. The van der Waals surface area contributed by atoms with Crippen molar-refractivity contribution >= 4 is 11.8 Å². The molecule has 0 amide bonds. The zero-order valence-corrected chi connectivity index (χ0v) is 11.5. The van der Waals surface area contributed by atoms with Gasteiger partial charge in [-0.1, -0.05) is 13.5 Å². The number of hydrogen-bond donors (Lipinski definition) is 1. The van der Waals surface area contributed by atoms with Crippen molar-refractivity contribution in [2.24, 2.45) is 23.2 Å². The van der Waals surface area contributed by atoms with Gasteiger partial charge in [-0.2, -0.15) is 0 Å². The molecule has 1 N–H and O–H groups in total. The number of fused-ring (bicyclic) bond motifs is 4. The van der Waals surface area contributed by atoms with Crippen LogP contribution >= 0.6 is 0 Å². The van der Waals surface area contributed by atoms with Crippen molar-refractivity contribution in [2.75, 3.05) is 0 Å². The van der Waals surface area contributed by atoms with E-state index in [-0.39, 0.29) is 35.9 Å². The van der Waals surface area contributed by atoms with Crippen LogP contribution in [0.15, 0.2) is 12.2 Å². The Morgan fingerprint density at radius 1 is 1.40 bits per heavy atom. The maximum atomic E-state index is 12.5. The molecule has 108 valence electrons. The third-order valence-electron chi connectivity index (χ3n) is 5.86. The molecule has 0 aromatic rings. The monoisotopic (exact) mass is 278 g/mol. The highest BCUT2D eigenvalue weighted by Gasteiger charge is 2.73. The van der Waals surface area contributed by atoms with Crippen molar-refractivity contribution in [2.45, 2.75) is 44.7 Å². The van der Waals surface area contributed by atoms with Gasteiger partial charge in [0.25, 0.3) is 0 Å². The van der Waals surface area contributed by atoms with Gasteiger partial charge >= 0.3 is 5.97 Å². The van der Waals surface area contributed by atoms with E-state index in [4.69, 9.17) is 9.47 Å². The molecule has 2 aliphatic carbocycles. The highest BCUT2D eigenvalue weighted by molar-refractivity contribution is 5.96. The van der Waals surface area contributed by atoms with Crippen LogP contribution in [0.25, 0.3) is 0 Å². The lowest BCUT2D eigenvalue weighted by Gasteiger charge is -2.38. The molecule has 0 spiro atoms. The minimum atomic E-state index is -0.926. The van der Waals surface area contributed by atoms with Crippen LogP contribution in [0.4, 0.5) is 0 Å². The minimum Gasteiger partial charge on any atom is -0.458 e. The summed E-state index contributed by atoms with van der Waals surface area (Å²) >= 11 is 0. The quantitative estimate of drug-likeness (QED) is 0.396. The van der Waals surface area contributed by atoms with Crippen LogP contribution in [0.3, 0.4) is 0 Å². The van der Waals surface area contributed by atoms with E-state index in [2.05, 4.69) is 6.58 Å². The smallest absolute Gasteiger partial charge is 0.334 e. The van der Waals surface area contributed by atoms with Crippen LogP contribution in [0, 0.1) is 23.2 Å². The molecular weight excluding hydrogens is 260 g/mol. The average Bonchev–Trinajstić information content (AvgIpc) is 3.06. The van der Waals surface area contributed by atoms with E-state index in [0.717, 1.165) is 0 Å². The van der Waals surface area contributed by atoms with Crippen molar-refractivity contribution in [1.82, 2.24) is 0 Å². The maximum Gasteiger partial charge on any atom is 0.334 e. The van der Waals surface area contributed by atoms with Gasteiger partial charge in [0.1, 0.15) is 12.2 Å². The molecule has 4 rings (SSSR count). The second kappa shape index (κ2) is 3.52. The van der Waals surface area contributed by atoms with E-state index in [1.165, 1.54) is 0 Å². The molecule has 20 heavy (non-hydrogen) atoms. The third-order valence-corrected chi connectivity index (χ3v) is 5.86. The van der Waals surface area contributed by atoms with Crippen molar-refractivity contribution in [1.29, 1.82) is 0 Å². The summed E-state index contributed by atoms with van der Waals surface area (Å²) in [5.41, 5.74) is -0.561. The van der Waals surface area contributed by atoms with Crippen LogP contribution in [0.1, 0.15) is 20.3 Å². The fourth-order valence-electron chi connectivity index (χ4n) is 4.80. The lowest BCUT2D eigenvalue weighted by molar-refractivity contribution is -0.143. The summed E-state index contributed by atoms with van der Waals surface area (Å²) in [5, 5.41) is 10.8. The average molecular weight is 278 g/mol. The van der Waals surface area contributed by atoms with Crippen LogP contribution in [-0.4, -0.2) is 41.3 Å². The molecule has 0 aromatic heterocycles. The molecule has 2 aliphatic heterocycles. The summed E-state index contributed by atoms with van der Waals surface area (Å²) in [6, 6.07) is 0. The van der Waals surface area contributed by atoms with Crippen molar-refractivity contribution < 1.29 is 24.2 Å². The summed E-state index contributed by atoms with van der Waals surface area (Å²) in [6.07, 6.45) is -1.07. The fraction of sp³-hybridized carbons (Fsp3) is 0.733. The van der Waals surface area contributed by atoms with Crippen molar-refractivity contribution in [3.05, 3.63) is 12.2 Å². The first-order valence-corrected chi connectivity index (χ1v) is 7.15. The van der Waals surface area contributed by atoms with Crippen LogP contribution in [-0.2, 0) is 19.1 Å². The van der Waals surface area contributed by atoms with Gasteiger partial charge in [0.15, 0.2) is 5.78 Å². The first kappa shape index (κ1) is 12.5. The number of rotatable bonds is 0. The summed E-state index contributed by atoms with van der Waals surface area (Å²) < 4.78 is 10.8. The standard InChI is InChI=1S/C15H18O5/c1-5-4-7-8(6(2)14(18)19-7)12(16)15(3)9(5)10-11(20-10)13(15)17/h5,7-12,16H,2,4H2,1,3H3/t5-,7-,8-,9-,10-,11?,12+,15-/m1/s1. The molecule has 4 fully saturated rings. The number of epoxide rings is 1. The molecular formula is C15H18O5. The molecule has 5 heteroatoms. The number of ether oxygens (including phenoxy) is 2. The molecule has 0 bridgehead atoms. The molecule has 2 heterocycles. The van der Waals surface area contributed by atoms with Crippen LogP contribution in [0.2, 0.25) is 0 Å². The van der Waals surface area contributed by atoms with Gasteiger partial charge in [-0.15, -0.1) is 0 Å². The SMILES string of the molecule is C=C1C(=O)O[C@@H]2C[C@@H](C)[C@@H]3[C@H]4OC4C(=O)[C@@]3(C)[C@@H](O)[C@H]12. The van der Waals surface area contributed by atoms with Gasteiger partial charge in [-0.3, -0.25) is 4.79 Å². The Bertz CT molecular complexity index is 540. The number of hydrogen-bond acceptors (Lipinski definition) is 5. The van der Waals surface area contributed by atoms with Gasteiger partial charge in [0.2, 0.25) is 0 Å². The van der Waals surface area contributed by atoms with Gasteiger partial charge in [-0.05, 0) is 19.3 Å². The van der Waals surface area contributed by atoms with Gasteiger partial charge in [0.05, 0.1) is 23.5 Å². The number of aliphatic hydroxyl groups excluding tert-OH is 1. The summed E-state index contributed by atoms with van der Waals surface area (Å²) in [5.74, 6) is -0.793. The van der Waals surface area contributed by atoms with Gasteiger partial charge in [0, 0.05) is 11.5 Å². The number of ketones is 1. The normalized spacial score (nSPS) is 56.8. The summed E-state index contributed by atoms with van der Waals surface area (Å²) in [6.45, 7) is 7.62. The molecule has 4 aliphatic rings. The van der Waals surface area contributed by atoms with E-state index in [1.54, 1.807) is 0 Å². The topological polar surface area (TPSA) is 76.1 Å². The zero-order valence-electron chi connectivity index (χ0n) is 11.5. The number of carbonyl (C=O) groups is 2. The largest absolute Gasteiger partial charge is 0.458 e. The van der Waals surface area contributed by atoms with Crippen LogP contribution in [0.5, 0.6) is 0 Å². The van der Waals surface area contributed by atoms with E-state index in [1.807, 2.05) is 13.8 Å². The van der Waals surface area contributed by atoms with E-state index in [0.29, 0.717) is 12.0 Å². The summed E-state index contributed by atoms with van der Waals surface area (Å²) in [4.78, 5) is 24.3. The lowest BCUT2D eigenvalue weighted by Crippen LogP contribution is -2.49. The Hall–Kier alpha value is -1.20. The summed E-state index contributed by atoms with van der Waals surface area (Å²) in [7, 11) is 0. The highest BCUT2D eigenvalue weighted by Crippen LogP contribution is 2.61. The Morgan fingerprint density at radius 2 is 2.10 bits per heavy atom. The van der Waals surface area contributed by atoms with Gasteiger partial charge in [-0.25, -0.2) is 4.79 Å². The predicted octanol–water partition coefficient (Wildman–Crippen LogP) is 0.457. The Morgan fingerprint density at radius 3 is 2.80 bits per heavy atom. The molecule has 2 saturated carbocycles. The second-order valence-corrected chi connectivity index (χ2v) is 6.85. The minimum absolute atomic E-state index is 0.00731. The second-order valence-electron chi connectivity index (χ2n) is 6.85. The zero-order chi connectivity index (χ0) is 14.4. The van der Waals surface area contributed by atoms with E-state index in [9.17, 15) is 14.7 Å². The molecule has 2 saturated heterocycles. The lowest BCUT2D eigenvalue weighted by atomic mass is 9.67. The molecule has 8 atom stereocenters. The van der Waals surface area contributed by atoms with Crippen molar-refractivity contribution in [3.8, 4) is 0 Å². The Kier molecular flexibility index (Phi) is 2.20. The molecule has 5 nitrogen and oxygen atoms in total. The highest BCUT2D eigenvalue weighted by atomic mass is 16.6. The first-order valence-electron chi connectivity index (χ1n) is 7.15. The molecule has 1 unspecified atom stereocenters. The maximum absolute atomic E-state index is 12.5. The fourth-order valence-corrected chi connectivity index (χ4v) is 4.80. The number of carbonyl (C=O) groups excluding carboxylic acids is 2. The predicted molar refractivity (Wildman–Crippen MR) is 67.6 cm³/mol. The van der Waals surface area contributed by atoms with Gasteiger partial charge < -0.3 is 14.6 Å². The number of esters is 1. The van der Waals surface area contributed by atoms with Crippen molar-refractivity contribution in [3.63, 3.8) is 0 Å². The third kappa shape index (κ3) is 1.21. The van der Waals surface area contributed by atoms with E-state index < -0.39 is 23.4 Å².